The van der Waals surface area contributed by atoms with Crippen LogP contribution in [0.4, 0.5) is 0 Å². The van der Waals surface area contributed by atoms with Crippen LogP contribution < -0.4 is 0 Å². The van der Waals surface area contributed by atoms with Crippen LogP contribution in [0.25, 0.3) is 10.2 Å². The molecule has 0 unspecified atom stereocenters. The van der Waals surface area contributed by atoms with E-state index in [1.165, 1.54) is 11.3 Å². The molecule has 128 valence electrons. The zero-order chi connectivity index (χ0) is 17.8. The zero-order valence-electron chi connectivity index (χ0n) is 13.6. The molecule has 0 aliphatic carbocycles. The summed E-state index contributed by atoms with van der Waals surface area (Å²) in [5.74, 6) is -0.518. The highest BCUT2D eigenvalue weighted by Crippen LogP contribution is 2.28. The molecule has 1 aromatic heterocycles. The lowest BCUT2D eigenvalue weighted by molar-refractivity contribution is -0.148. The Morgan fingerprint density at radius 1 is 1.12 bits per heavy atom. The molecular formula is C19H16ClNO3S. The van der Waals surface area contributed by atoms with Crippen LogP contribution in [0.5, 0.6) is 0 Å². The standard InChI is InChI=1S/C19H16ClNO3S/c1-12(19-21-15-4-2-3-5-17(15)25-19)24-18(23)11-10-16(22)13-6-8-14(20)9-7-13/h2-9,12H,10-11H2,1H3/t12-/m0/s1. The minimum atomic E-state index is -0.435. The first-order chi connectivity index (χ1) is 12.0. The number of ketones is 1. The van der Waals surface area contributed by atoms with Gasteiger partial charge in [0.1, 0.15) is 5.01 Å². The summed E-state index contributed by atoms with van der Waals surface area (Å²) < 4.78 is 6.46. The van der Waals surface area contributed by atoms with Gasteiger partial charge in [-0.1, -0.05) is 23.7 Å². The number of benzene rings is 2. The highest BCUT2D eigenvalue weighted by molar-refractivity contribution is 7.18. The smallest absolute Gasteiger partial charge is 0.306 e. The van der Waals surface area contributed by atoms with Crippen molar-refractivity contribution in [3.63, 3.8) is 0 Å². The Kier molecular flexibility index (Phi) is 5.46. The van der Waals surface area contributed by atoms with Gasteiger partial charge in [0.15, 0.2) is 11.9 Å². The third-order valence-electron chi connectivity index (χ3n) is 3.69. The summed E-state index contributed by atoms with van der Waals surface area (Å²) in [6, 6.07) is 14.4. The van der Waals surface area contributed by atoms with Crippen LogP contribution in [-0.4, -0.2) is 16.7 Å². The maximum absolute atomic E-state index is 12.1. The summed E-state index contributed by atoms with van der Waals surface area (Å²) in [4.78, 5) is 28.6. The van der Waals surface area contributed by atoms with E-state index in [1.54, 1.807) is 31.2 Å². The van der Waals surface area contributed by atoms with E-state index in [2.05, 4.69) is 4.98 Å². The van der Waals surface area contributed by atoms with E-state index in [-0.39, 0.29) is 18.6 Å². The summed E-state index contributed by atoms with van der Waals surface area (Å²) in [5.41, 5.74) is 1.43. The summed E-state index contributed by atoms with van der Waals surface area (Å²) in [6.07, 6.45) is -0.292. The van der Waals surface area contributed by atoms with Crippen molar-refractivity contribution in [1.29, 1.82) is 0 Å². The van der Waals surface area contributed by atoms with E-state index in [1.807, 2.05) is 24.3 Å². The molecule has 0 radical (unpaired) electrons. The molecule has 0 amide bonds. The Balaban J connectivity index is 1.54. The van der Waals surface area contributed by atoms with Crippen LogP contribution in [-0.2, 0) is 9.53 Å². The van der Waals surface area contributed by atoms with Crippen molar-refractivity contribution in [2.45, 2.75) is 25.9 Å². The van der Waals surface area contributed by atoms with Crippen LogP contribution in [0.15, 0.2) is 48.5 Å². The van der Waals surface area contributed by atoms with Crippen LogP contribution >= 0.6 is 22.9 Å². The van der Waals surface area contributed by atoms with E-state index >= 15 is 0 Å². The van der Waals surface area contributed by atoms with Crippen molar-refractivity contribution in [3.05, 3.63) is 64.1 Å². The minimum Gasteiger partial charge on any atom is -0.455 e. The van der Waals surface area contributed by atoms with E-state index < -0.39 is 12.1 Å². The predicted molar refractivity (Wildman–Crippen MR) is 99.1 cm³/mol. The molecule has 25 heavy (non-hydrogen) atoms. The number of nitrogens with zero attached hydrogens (tertiary/aromatic N) is 1. The lowest BCUT2D eigenvalue weighted by Gasteiger charge is -2.10. The van der Waals surface area contributed by atoms with Crippen molar-refractivity contribution in [3.8, 4) is 0 Å². The topological polar surface area (TPSA) is 56.3 Å². The Morgan fingerprint density at radius 2 is 1.84 bits per heavy atom. The number of halogens is 1. The average Bonchev–Trinajstić information content (AvgIpc) is 3.04. The zero-order valence-corrected chi connectivity index (χ0v) is 15.1. The molecule has 0 spiro atoms. The molecule has 4 nitrogen and oxygen atoms in total. The van der Waals surface area contributed by atoms with Gasteiger partial charge in [-0.05, 0) is 43.3 Å². The number of ether oxygens (including phenoxy) is 1. The van der Waals surface area contributed by atoms with E-state index in [0.29, 0.717) is 10.6 Å². The van der Waals surface area contributed by atoms with Gasteiger partial charge in [-0.25, -0.2) is 4.98 Å². The van der Waals surface area contributed by atoms with Crippen molar-refractivity contribution < 1.29 is 14.3 Å². The highest BCUT2D eigenvalue weighted by atomic mass is 35.5. The van der Waals surface area contributed by atoms with Gasteiger partial charge < -0.3 is 4.74 Å². The fraction of sp³-hybridized carbons (Fsp3) is 0.211. The number of Topliss-reactive ketones (excluding diaryl/α,β-unsaturated/α-hetero) is 1. The quantitative estimate of drug-likeness (QED) is 0.439. The Bertz CT molecular complexity index is 871. The summed E-state index contributed by atoms with van der Waals surface area (Å²) in [5, 5.41) is 1.32. The molecule has 3 aromatic rings. The van der Waals surface area contributed by atoms with Gasteiger partial charge in [0, 0.05) is 17.0 Å². The molecule has 1 atom stereocenters. The molecular weight excluding hydrogens is 358 g/mol. The van der Waals surface area contributed by atoms with Crippen molar-refractivity contribution in [1.82, 2.24) is 4.98 Å². The van der Waals surface area contributed by atoms with Gasteiger partial charge >= 0.3 is 5.97 Å². The minimum absolute atomic E-state index is 0.0384. The van der Waals surface area contributed by atoms with Gasteiger partial charge in [-0.3, -0.25) is 9.59 Å². The third kappa shape index (κ3) is 4.44. The fourth-order valence-corrected chi connectivity index (χ4v) is 3.44. The number of carbonyl (C=O) groups is 2. The van der Waals surface area contributed by atoms with Crippen LogP contribution in [0, 0.1) is 0 Å². The Hall–Kier alpha value is -2.24. The fourth-order valence-electron chi connectivity index (χ4n) is 2.37. The average molecular weight is 374 g/mol. The summed E-state index contributed by atoms with van der Waals surface area (Å²) in [7, 11) is 0. The van der Waals surface area contributed by atoms with Gasteiger partial charge in [0.2, 0.25) is 0 Å². The Morgan fingerprint density at radius 3 is 2.56 bits per heavy atom. The number of carbonyl (C=O) groups excluding carboxylic acids is 2. The van der Waals surface area contributed by atoms with E-state index in [4.69, 9.17) is 16.3 Å². The second-order valence-electron chi connectivity index (χ2n) is 5.58. The van der Waals surface area contributed by atoms with E-state index in [0.717, 1.165) is 15.2 Å². The lowest BCUT2D eigenvalue weighted by atomic mass is 10.1. The third-order valence-corrected chi connectivity index (χ3v) is 5.14. The van der Waals surface area contributed by atoms with Gasteiger partial charge in [-0.2, -0.15) is 0 Å². The normalized spacial score (nSPS) is 12.1. The monoisotopic (exact) mass is 373 g/mol. The first-order valence-corrected chi connectivity index (χ1v) is 9.06. The maximum atomic E-state index is 12.1. The molecule has 0 fully saturated rings. The second-order valence-corrected chi connectivity index (χ2v) is 7.08. The number of hydrogen-bond donors (Lipinski definition) is 0. The number of esters is 1. The Labute approximate surface area is 154 Å². The highest BCUT2D eigenvalue weighted by Gasteiger charge is 2.17. The number of para-hydroxylation sites is 1. The molecule has 6 heteroatoms. The predicted octanol–water partition coefficient (Wildman–Crippen LogP) is 5.22. The molecule has 0 saturated carbocycles. The molecule has 0 aliphatic heterocycles. The SMILES string of the molecule is C[C@H](OC(=O)CCC(=O)c1ccc(Cl)cc1)c1nc2ccccc2s1. The molecule has 2 aromatic carbocycles. The molecule has 0 bridgehead atoms. The number of aromatic nitrogens is 1. The number of thiazole rings is 1. The van der Waals surface area contributed by atoms with Gasteiger partial charge in [0.25, 0.3) is 0 Å². The van der Waals surface area contributed by atoms with Crippen LogP contribution in [0.1, 0.15) is 41.2 Å². The van der Waals surface area contributed by atoms with Crippen LogP contribution in [0.2, 0.25) is 5.02 Å². The van der Waals surface area contributed by atoms with Crippen LogP contribution in [0.3, 0.4) is 0 Å². The summed E-state index contributed by atoms with van der Waals surface area (Å²) >= 11 is 7.30. The number of hydrogen-bond acceptors (Lipinski definition) is 5. The molecule has 1 heterocycles. The maximum Gasteiger partial charge on any atom is 0.306 e. The molecule has 0 N–H and O–H groups in total. The van der Waals surface area contributed by atoms with Gasteiger partial charge in [-0.15, -0.1) is 11.3 Å². The number of fused-ring (bicyclic) bond motifs is 1. The first-order valence-electron chi connectivity index (χ1n) is 7.86. The molecule has 3 rings (SSSR count). The van der Waals surface area contributed by atoms with Crippen molar-refractivity contribution in [2.24, 2.45) is 0 Å². The van der Waals surface area contributed by atoms with E-state index in [9.17, 15) is 9.59 Å². The summed E-state index contributed by atoms with van der Waals surface area (Å²) in [6.45, 7) is 1.79. The van der Waals surface area contributed by atoms with Gasteiger partial charge in [0.05, 0.1) is 16.6 Å². The lowest BCUT2D eigenvalue weighted by Crippen LogP contribution is -2.11. The number of rotatable bonds is 6. The van der Waals surface area contributed by atoms with Crippen molar-refractivity contribution in [2.75, 3.05) is 0 Å². The molecule has 0 aliphatic rings. The second kappa shape index (κ2) is 7.76. The largest absolute Gasteiger partial charge is 0.455 e. The molecule has 0 saturated heterocycles. The first kappa shape index (κ1) is 17.6. The van der Waals surface area contributed by atoms with Crippen molar-refractivity contribution >= 4 is 44.9 Å².